The highest BCUT2D eigenvalue weighted by atomic mass is 35.9. The Kier molecular flexibility index (Phi) is 9.73. The van der Waals surface area contributed by atoms with E-state index in [0.29, 0.717) is 24.6 Å². The van der Waals surface area contributed by atoms with Crippen molar-refractivity contribution >= 4 is 129 Å². The molecule has 0 bridgehead atoms. The maximum Gasteiger partial charge on any atom is 0.333 e. The summed E-state index contributed by atoms with van der Waals surface area (Å²) in [7, 11) is -1.91. The van der Waals surface area contributed by atoms with Crippen LogP contribution in [0.4, 0.5) is 0 Å². The first kappa shape index (κ1) is 33.0. The summed E-state index contributed by atoms with van der Waals surface area (Å²) < 4.78 is 41.1. The molecule has 4 aliphatic rings. The van der Waals surface area contributed by atoms with E-state index in [0.717, 1.165) is 11.1 Å². The number of nitrogens with zero attached hydrogens (tertiary/aromatic N) is 8. The van der Waals surface area contributed by atoms with Crippen molar-refractivity contribution in [1.29, 1.82) is 0 Å². The third-order valence-electron chi connectivity index (χ3n) is 5.40. The van der Waals surface area contributed by atoms with Crippen LogP contribution in [0, 0.1) is 0 Å². The molecule has 0 fully saturated rings. The van der Waals surface area contributed by atoms with Gasteiger partial charge in [-0.15, -0.1) is 0 Å². The molecule has 40 heavy (non-hydrogen) atoms. The van der Waals surface area contributed by atoms with Crippen LogP contribution in [0.25, 0.3) is 0 Å². The predicted octanol–water partition coefficient (Wildman–Crippen LogP) is 14.6. The SMILES string of the molecule is CN1Cc2ccccc2O[P@@]12=NP(Cl)(Cl)=NP(Cl)(Cl)=N2.CN1Cc2ccccc2O[P@]12=NP(Cl)(Cl)=NP(Cl)(Cl)=N2. The Labute approximate surface area is 270 Å². The molecule has 2 spiro atoms. The summed E-state index contributed by atoms with van der Waals surface area (Å²) in [6.07, 6.45) is 0. The standard InChI is InChI=1S/2C8H9Cl4N4OP3/c2*1-16-6-7-4-2-3-5-8(7)17-20(16)14-18(9,10)13-19(11,12)15-20/h2*2-5H,6H2,1H3. The second-order valence-electron chi connectivity index (χ2n) is 8.42. The fourth-order valence-corrected chi connectivity index (χ4v) is 33.6. The molecule has 10 nitrogen and oxygen atoms in total. The van der Waals surface area contributed by atoms with Gasteiger partial charge in [-0.1, -0.05) is 36.4 Å². The molecule has 0 aromatic heterocycles. The second-order valence-corrected chi connectivity index (χ2v) is 33.5. The van der Waals surface area contributed by atoms with Gasteiger partial charge in [-0.2, -0.15) is 27.1 Å². The van der Waals surface area contributed by atoms with Gasteiger partial charge in [0.2, 0.25) is 0 Å². The number of hydrogen-bond donors (Lipinski definition) is 0. The molecular weight excluding hydrogens is 806 g/mol. The van der Waals surface area contributed by atoms with Gasteiger partial charge in [0.1, 0.15) is 11.5 Å². The van der Waals surface area contributed by atoms with Crippen LogP contribution in [0.5, 0.6) is 11.5 Å². The molecule has 0 radical (unpaired) electrons. The lowest BCUT2D eigenvalue weighted by atomic mass is 10.2. The number of halogens is 8. The van der Waals surface area contributed by atoms with Gasteiger partial charge in [-0.05, 0) is 116 Å². The summed E-state index contributed by atoms with van der Waals surface area (Å²) in [5, 5.41) is 0. The minimum Gasteiger partial charge on any atom is -0.430 e. The molecule has 24 heteroatoms. The van der Waals surface area contributed by atoms with Crippen LogP contribution in [0.1, 0.15) is 11.1 Å². The van der Waals surface area contributed by atoms with E-state index in [1.165, 1.54) is 0 Å². The van der Waals surface area contributed by atoms with Gasteiger partial charge < -0.3 is 9.05 Å². The molecule has 2 aromatic carbocycles. The first-order valence-corrected chi connectivity index (χ1v) is 28.0. The van der Waals surface area contributed by atoms with E-state index in [-0.39, 0.29) is 0 Å². The van der Waals surface area contributed by atoms with Gasteiger partial charge in [-0.25, -0.2) is 9.34 Å². The lowest BCUT2D eigenvalue weighted by Crippen LogP contribution is -2.22. The van der Waals surface area contributed by atoms with Crippen molar-refractivity contribution in [2.24, 2.45) is 27.1 Å². The first-order chi connectivity index (χ1) is 18.4. The third kappa shape index (κ3) is 7.37. The molecule has 6 rings (SSSR count). The van der Waals surface area contributed by atoms with Crippen LogP contribution >= 0.6 is 129 Å². The van der Waals surface area contributed by atoms with E-state index in [4.69, 9.17) is 99.0 Å². The fourth-order valence-electron chi connectivity index (χ4n) is 3.80. The summed E-state index contributed by atoms with van der Waals surface area (Å²) in [6, 6.07) is 15.3. The molecule has 220 valence electrons. The molecule has 0 aliphatic carbocycles. The summed E-state index contributed by atoms with van der Waals surface area (Å²) in [6.45, 7) is 1.22. The van der Waals surface area contributed by atoms with Gasteiger partial charge in [-0.3, -0.25) is 0 Å². The maximum atomic E-state index is 6.14. The van der Waals surface area contributed by atoms with Crippen LogP contribution in [0.2, 0.25) is 0 Å². The Hall–Kier alpha value is 1.66. The molecular formula is C16H18Cl8N8O2P6. The van der Waals surface area contributed by atoms with Crippen molar-refractivity contribution in [3.63, 3.8) is 0 Å². The summed E-state index contributed by atoms with van der Waals surface area (Å²) >= 11 is 49.1. The molecule has 0 saturated heterocycles. The molecule has 4 heterocycles. The minimum absolute atomic E-state index is 0.610. The number of hydrogen-bond acceptors (Lipinski definition) is 10. The van der Waals surface area contributed by atoms with Crippen molar-refractivity contribution in [2.75, 3.05) is 14.1 Å². The highest BCUT2D eigenvalue weighted by Gasteiger charge is 2.43. The molecule has 0 N–H and O–H groups in total. The largest absolute Gasteiger partial charge is 0.430 e. The van der Waals surface area contributed by atoms with E-state index < -0.39 is 38.8 Å². The van der Waals surface area contributed by atoms with Crippen LogP contribution in [-0.4, -0.2) is 23.4 Å². The van der Waals surface area contributed by atoms with Gasteiger partial charge >= 0.3 is 15.2 Å². The van der Waals surface area contributed by atoms with E-state index >= 15 is 0 Å². The van der Waals surface area contributed by atoms with Crippen molar-refractivity contribution in [3.8, 4) is 11.5 Å². The van der Waals surface area contributed by atoms with Crippen molar-refractivity contribution in [1.82, 2.24) is 9.34 Å². The Balaban J connectivity index is 0.000000161. The smallest absolute Gasteiger partial charge is 0.333 e. The highest BCUT2D eigenvalue weighted by molar-refractivity contribution is 8.21. The topological polar surface area (TPSA) is 99.1 Å². The van der Waals surface area contributed by atoms with Gasteiger partial charge in [0.15, 0.2) is 0 Å². The fraction of sp³-hybridized carbons (Fsp3) is 0.250. The van der Waals surface area contributed by atoms with Crippen molar-refractivity contribution in [3.05, 3.63) is 59.7 Å². The van der Waals surface area contributed by atoms with E-state index in [2.05, 4.69) is 27.1 Å². The van der Waals surface area contributed by atoms with Crippen LogP contribution < -0.4 is 9.05 Å². The highest BCUT2D eigenvalue weighted by Crippen LogP contribution is 2.87. The second kappa shape index (κ2) is 11.8. The predicted molar refractivity (Wildman–Crippen MR) is 180 cm³/mol. The Morgan fingerprint density at radius 3 is 1.20 bits per heavy atom. The third-order valence-corrected chi connectivity index (χ3v) is 28.7. The lowest BCUT2D eigenvalue weighted by molar-refractivity contribution is 0.420. The maximum absolute atomic E-state index is 6.14. The van der Waals surface area contributed by atoms with E-state index in [9.17, 15) is 0 Å². The molecule has 2 aromatic rings. The van der Waals surface area contributed by atoms with Crippen molar-refractivity contribution < 1.29 is 9.05 Å². The van der Waals surface area contributed by atoms with Crippen LogP contribution in [-0.2, 0) is 13.1 Å². The monoisotopic (exact) mass is 820 g/mol. The van der Waals surface area contributed by atoms with Crippen molar-refractivity contribution in [2.45, 2.75) is 13.1 Å². The number of fused-ring (bicyclic) bond motifs is 2. The average Bonchev–Trinajstić information content (AvgIpc) is 2.77. The average molecular weight is 824 g/mol. The van der Waals surface area contributed by atoms with E-state index in [1.807, 2.05) is 72.0 Å². The quantitative estimate of drug-likeness (QED) is 0.247. The van der Waals surface area contributed by atoms with Gasteiger partial charge in [0, 0.05) is 24.2 Å². The van der Waals surface area contributed by atoms with E-state index in [1.54, 1.807) is 0 Å². The Bertz CT molecular complexity index is 1590. The number of benzene rings is 2. The van der Waals surface area contributed by atoms with Crippen LogP contribution in [0.3, 0.4) is 0 Å². The minimum atomic E-state index is -2.97. The van der Waals surface area contributed by atoms with Crippen LogP contribution in [0.15, 0.2) is 75.6 Å². The molecule has 0 amide bonds. The normalized spacial score (nSPS) is 30.4. The molecule has 0 saturated carbocycles. The number of rotatable bonds is 0. The molecule has 4 aliphatic heterocycles. The Morgan fingerprint density at radius 1 is 0.525 bits per heavy atom. The molecule has 2 atom stereocenters. The molecule has 0 unspecified atom stereocenters. The number of para-hydroxylation sites is 2. The summed E-state index contributed by atoms with van der Waals surface area (Å²) in [5.74, 6) is -10.5. The zero-order chi connectivity index (χ0) is 29.2. The zero-order valence-electron chi connectivity index (χ0n) is 20.1. The Morgan fingerprint density at radius 2 is 0.850 bits per heavy atom. The van der Waals surface area contributed by atoms with Gasteiger partial charge in [0.05, 0.1) is 0 Å². The zero-order valence-corrected chi connectivity index (χ0v) is 31.5. The lowest BCUT2D eigenvalue weighted by Gasteiger charge is -2.37. The summed E-state index contributed by atoms with van der Waals surface area (Å²) in [4.78, 5) is 0. The summed E-state index contributed by atoms with van der Waals surface area (Å²) in [5.41, 5.74) is 2.07. The van der Waals surface area contributed by atoms with Gasteiger partial charge in [0.25, 0.3) is 23.6 Å². The first-order valence-electron chi connectivity index (χ1n) is 10.8.